The molecule has 3 aromatic rings. The maximum atomic E-state index is 12.0. The zero-order valence-electron chi connectivity index (χ0n) is 14.6. The van der Waals surface area contributed by atoms with E-state index in [0.29, 0.717) is 35.6 Å². The molecule has 0 fully saturated rings. The first-order chi connectivity index (χ1) is 13.2. The fourth-order valence-electron chi connectivity index (χ4n) is 2.43. The minimum atomic E-state index is -0.311. The average Bonchev–Trinajstić information content (AvgIpc) is 2.72. The molecule has 0 aliphatic carbocycles. The van der Waals surface area contributed by atoms with Crippen molar-refractivity contribution in [1.29, 1.82) is 0 Å². The smallest absolute Gasteiger partial charge is 0.262 e. The van der Waals surface area contributed by atoms with E-state index in [4.69, 9.17) is 9.47 Å². The van der Waals surface area contributed by atoms with E-state index in [-0.39, 0.29) is 12.5 Å². The summed E-state index contributed by atoms with van der Waals surface area (Å²) in [6.07, 6.45) is 0.696. The zero-order chi connectivity index (χ0) is 18.9. The van der Waals surface area contributed by atoms with E-state index in [2.05, 4.69) is 5.32 Å². The standard InChI is InChI=1S/C22H19NO4/c24-14-18-8-4-5-9-21(18)27-16-22(25)23-19-10-12-20(13-11-19)26-15-17-6-2-1-3-7-17/h1-14H,15-16H2,(H,23,25). The second kappa shape index (κ2) is 9.20. The van der Waals surface area contributed by atoms with Crippen LogP contribution in [0.3, 0.4) is 0 Å². The van der Waals surface area contributed by atoms with E-state index in [1.807, 2.05) is 30.3 Å². The van der Waals surface area contributed by atoms with Gasteiger partial charge < -0.3 is 14.8 Å². The summed E-state index contributed by atoms with van der Waals surface area (Å²) in [5.74, 6) is 0.786. The number of rotatable bonds is 8. The molecular formula is C22H19NO4. The van der Waals surface area contributed by atoms with Crippen LogP contribution in [0.25, 0.3) is 0 Å². The second-order valence-corrected chi connectivity index (χ2v) is 5.79. The Morgan fingerprint density at radius 2 is 1.56 bits per heavy atom. The Bertz CT molecular complexity index is 892. The summed E-state index contributed by atoms with van der Waals surface area (Å²) >= 11 is 0. The molecule has 0 aliphatic rings. The molecule has 0 saturated heterocycles. The van der Waals surface area contributed by atoms with Crippen LogP contribution in [-0.4, -0.2) is 18.8 Å². The number of carbonyl (C=O) groups is 2. The number of aldehydes is 1. The molecule has 1 N–H and O–H groups in total. The zero-order valence-corrected chi connectivity index (χ0v) is 14.6. The predicted octanol–water partition coefficient (Wildman–Crippen LogP) is 4.10. The van der Waals surface area contributed by atoms with Crippen LogP contribution in [0.5, 0.6) is 11.5 Å². The fraction of sp³-hybridized carbons (Fsp3) is 0.0909. The third kappa shape index (κ3) is 5.44. The van der Waals surface area contributed by atoms with Gasteiger partial charge in [0.25, 0.3) is 5.91 Å². The van der Waals surface area contributed by atoms with Crippen LogP contribution in [-0.2, 0) is 11.4 Å². The molecule has 0 saturated carbocycles. The Balaban J connectivity index is 1.49. The highest BCUT2D eigenvalue weighted by molar-refractivity contribution is 5.92. The lowest BCUT2D eigenvalue weighted by atomic mass is 10.2. The summed E-state index contributed by atoms with van der Waals surface area (Å²) < 4.78 is 11.1. The molecule has 5 nitrogen and oxygen atoms in total. The quantitative estimate of drug-likeness (QED) is 0.614. The van der Waals surface area contributed by atoms with Crippen molar-refractivity contribution in [2.24, 2.45) is 0 Å². The first kappa shape index (κ1) is 18.2. The molecule has 27 heavy (non-hydrogen) atoms. The Kier molecular flexibility index (Phi) is 6.20. The fourth-order valence-corrected chi connectivity index (χ4v) is 2.43. The molecule has 0 unspecified atom stereocenters. The molecular weight excluding hydrogens is 342 g/mol. The first-order valence-electron chi connectivity index (χ1n) is 8.48. The average molecular weight is 361 g/mol. The van der Waals surface area contributed by atoms with Crippen LogP contribution in [0.15, 0.2) is 78.9 Å². The largest absolute Gasteiger partial charge is 0.489 e. The minimum absolute atomic E-state index is 0.183. The lowest BCUT2D eigenvalue weighted by Gasteiger charge is -2.10. The van der Waals surface area contributed by atoms with Crippen molar-refractivity contribution in [1.82, 2.24) is 0 Å². The number of benzene rings is 3. The van der Waals surface area contributed by atoms with Crippen molar-refractivity contribution < 1.29 is 19.1 Å². The van der Waals surface area contributed by atoms with Gasteiger partial charge in [0.2, 0.25) is 0 Å². The SMILES string of the molecule is O=Cc1ccccc1OCC(=O)Nc1ccc(OCc2ccccc2)cc1. The van der Waals surface area contributed by atoms with Crippen LogP contribution in [0, 0.1) is 0 Å². The van der Waals surface area contributed by atoms with Gasteiger partial charge in [-0.25, -0.2) is 0 Å². The third-order valence-corrected chi connectivity index (χ3v) is 3.79. The Hall–Kier alpha value is -3.60. The molecule has 136 valence electrons. The summed E-state index contributed by atoms with van der Waals surface area (Å²) in [7, 11) is 0. The van der Waals surface area contributed by atoms with Gasteiger partial charge in [0.05, 0.1) is 5.56 Å². The van der Waals surface area contributed by atoms with Gasteiger partial charge in [-0.2, -0.15) is 0 Å². The van der Waals surface area contributed by atoms with E-state index in [1.54, 1.807) is 48.5 Å². The summed E-state index contributed by atoms with van der Waals surface area (Å²) in [6, 6.07) is 23.8. The molecule has 5 heteroatoms. The maximum absolute atomic E-state index is 12.0. The van der Waals surface area contributed by atoms with Gasteiger partial charge in [0.15, 0.2) is 12.9 Å². The van der Waals surface area contributed by atoms with Gasteiger partial charge in [-0.15, -0.1) is 0 Å². The molecule has 0 radical (unpaired) electrons. The molecule has 3 aromatic carbocycles. The van der Waals surface area contributed by atoms with E-state index in [1.165, 1.54) is 0 Å². The molecule has 1 amide bonds. The van der Waals surface area contributed by atoms with Crippen molar-refractivity contribution in [3.8, 4) is 11.5 Å². The third-order valence-electron chi connectivity index (χ3n) is 3.79. The number of nitrogens with one attached hydrogen (secondary N) is 1. The molecule has 0 aliphatic heterocycles. The van der Waals surface area contributed by atoms with Crippen molar-refractivity contribution in [2.45, 2.75) is 6.61 Å². The number of hydrogen-bond acceptors (Lipinski definition) is 4. The summed E-state index contributed by atoms with van der Waals surface area (Å²) in [5.41, 5.74) is 2.13. The number of ether oxygens (including phenoxy) is 2. The van der Waals surface area contributed by atoms with Crippen LogP contribution in [0.1, 0.15) is 15.9 Å². The molecule has 3 rings (SSSR count). The Morgan fingerprint density at radius 3 is 2.30 bits per heavy atom. The van der Waals surface area contributed by atoms with Crippen LogP contribution in [0.2, 0.25) is 0 Å². The number of hydrogen-bond donors (Lipinski definition) is 1. The van der Waals surface area contributed by atoms with E-state index >= 15 is 0 Å². The van der Waals surface area contributed by atoms with E-state index in [9.17, 15) is 9.59 Å². The van der Waals surface area contributed by atoms with Crippen LogP contribution < -0.4 is 14.8 Å². The number of amides is 1. The van der Waals surface area contributed by atoms with Crippen molar-refractivity contribution in [3.63, 3.8) is 0 Å². The topological polar surface area (TPSA) is 64.6 Å². The van der Waals surface area contributed by atoms with Gasteiger partial charge in [0, 0.05) is 5.69 Å². The van der Waals surface area contributed by atoms with Crippen molar-refractivity contribution >= 4 is 17.9 Å². The number of carbonyl (C=O) groups excluding carboxylic acids is 2. The minimum Gasteiger partial charge on any atom is -0.489 e. The van der Waals surface area contributed by atoms with Gasteiger partial charge in [-0.1, -0.05) is 42.5 Å². The molecule has 0 heterocycles. The second-order valence-electron chi connectivity index (χ2n) is 5.79. The highest BCUT2D eigenvalue weighted by Gasteiger charge is 2.07. The van der Waals surface area contributed by atoms with Gasteiger partial charge in [0.1, 0.15) is 18.1 Å². The monoisotopic (exact) mass is 361 g/mol. The van der Waals surface area contributed by atoms with Gasteiger partial charge >= 0.3 is 0 Å². The van der Waals surface area contributed by atoms with Crippen LogP contribution in [0.4, 0.5) is 5.69 Å². The first-order valence-corrected chi connectivity index (χ1v) is 8.48. The Labute approximate surface area is 157 Å². The van der Waals surface area contributed by atoms with Crippen LogP contribution >= 0.6 is 0 Å². The van der Waals surface area contributed by atoms with Crippen molar-refractivity contribution in [3.05, 3.63) is 90.0 Å². The molecule has 0 aromatic heterocycles. The summed E-state index contributed by atoms with van der Waals surface area (Å²) in [4.78, 5) is 23.0. The molecule has 0 spiro atoms. The molecule has 0 bridgehead atoms. The van der Waals surface area contributed by atoms with Gasteiger partial charge in [-0.3, -0.25) is 9.59 Å². The lowest BCUT2D eigenvalue weighted by molar-refractivity contribution is -0.118. The maximum Gasteiger partial charge on any atom is 0.262 e. The normalized spacial score (nSPS) is 10.1. The summed E-state index contributed by atoms with van der Waals surface area (Å²) in [5, 5.41) is 2.74. The van der Waals surface area contributed by atoms with E-state index < -0.39 is 0 Å². The lowest BCUT2D eigenvalue weighted by Crippen LogP contribution is -2.20. The van der Waals surface area contributed by atoms with Crippen molar-refractivity contribution in [2.75, 3.05) is 11.9 Å². The highest BCUT2D eigenvalue weighted by atomic mass is 16.5. The van der Waals surface area contributed by atoms with E-state index in [0.717, 1.165) is 5.56 Å². The summed E-state index contributed by atoms with van der Waals surface area (Å²) in [6.45, 7) is 0.299. The highest BCUT2D eigenvalue weighted by Crippen LogP contribution is 2.18. The molecule has 0 atom stereocenters. The predicted molar refractivity (Wildman–Crippen MR) is 103 cm³/mol. The number of para-hydroxylation sites is 1. The van der Waals surface area contributed by atoms with Gasteiger partial charge in [-0.05, 0) is 42.0 Å². The number of anilines is 1. The Morgan fingerprint density at radius 1 is 0.852 bits per heavy atom.